The van der Waals surface area contributed by atoms with Gasteiger partial charge in [-0.25, -0.2) is 0 Å². The zero-order valence-electron chi connectivity index (χ0n) is 9.66. The Kier molecular flexibility index (Phi) is 4.41. The lowest BCUT2D eigenvalue weighted by atomic mass is 9.91. The number of rotatable bonds is 3. The SMILES string of the molecule is CC1CCCN(Cc2sccc2Br)C1CN. The first-order chi connectivity index (χ1) is 7.72. The minimum Gasteiger partial charge on any atom is -0.329 e. The highest BCUT2D eigenvalue weighted by atomic mass is 79.9. The smallest absolute Gasteiger partial charge is 0.0342 e. The fraction of sp³-hybridized carbons (Fsp3) is 0.667. The van der Waals surface area contributed by atoms with Gasteiger partial charge in [0, 0.05) is 28.5 Å². The molecule has 2 nitrogen and oxygen atoms in total. The summed E-state index contributed by atoms with van der Waals surface area (Å²) in [5.41, 5.74) is 5.90. The molecular weight excluding hydrogens is 284 g/mol. The third-order valence-electron chi connectivity index (χ3n) is 3.51. The summed E-state index contributed by atoms with van der Waals surface area (Å²) >= 11 is 5.43. The van der Waals surface area contributed by atoms with Crippen LogP contribution in [0.15, 0.2) is 15.9 Å². The Morgan fingerprint density at radius 3 is 3.06 bits per heavy atom. The highest BCUT2D eigenvalue weighted by Gasteiger charge is 2.27. The molecule has 90 valence electrons. The summed E-state index contributed by atoms with van der Waals surface area (Å²) in [7, 11) is 0. The number of halogens is 1. The maximum absolute atomic E-state index is 5.90. The fourth-order valence-electron chi connectivity index (χ4n) is 2.53. The van der Waals surface area contributed by atoms with E-state index in [0.29, 0.717) is 6.04 Å². The molecule has 2 N–H and O–H groups in total. The number of thiophene rings is 1. The van der Waals surface area contributed by atoms with Crippen LogP contribution in [0.5, 0.6) is 0 Å². The highest BCUT2D eigenvalue weighted by molar-refractivity contribution is 9.10. The van der Waals surface area contributed by atoms with Crippen LogP contribution in [-0.4, -0.2) is 24.0 Å². The number of hydrogen-bond acceptors (Lipinski definition) is 3. The summed E-state index contributed by atoms with van der Waals surface area (Å²) in [6.07, 6.45) is 2.63. The van der Waals surface area contributed by atoms with Crippen molar-refractivity contribution in [2.45, 2.75) is 32.4 Å². The summed E-state index contributed by atoms with van der Waals surface area (Å²) in [6.45, 7) is 5.35. The second kappa shape index (κ2) is 5.63. The zero-order valence-corrected chi connectivity index (χ0v) is 12.1. The second-order valence-electron chi connectivity index (χ2n) is 4.58. The molecule has 1 aliphatic heterocycles. The molecule has 2 atom stereocenters. The van der Waals surface area contributed by atoms with Gasteiger partial charge in [0.2, 0.25) is 0 Å². The van der Waals surface area contributed by atoms with E-state index in [1.807, 2.05) is 11.3 Å². The van der Waals surface area contributed by atoms with E-state index in [-0.39, 0.29) is 0 Å². The zero-order chi connectivity index (χ0) is 11.5. The predicted octanol–water partition coefficient (Wildman–Crippen LogP) is 3.07. The molecule has 2 rings (SSSR count). The maximum atomic E-state index is 5.90. The van der Waals surface area contributed by atoms with Gasteiger partial charge in [-0.2, -0.15) is 0 Å². The second-order valence-corrected chi connectivity index (χ2v) is 6.44. The molecule has 1 saturated heterocycles. The lowest BCUT2D eigenvalue weighted by molar-refractivity contribution is 0.0999. The Bertz CT molecular complexity index is 340. The molecule has 1 aromatic heterocycles. The molecule has 2 heterocycles. The Hall–Kier alpha value is 0.1000. The quantitative estimate of drug-likeness (QED) is 0.930. The largest absolute Gasteiger partial charge is 0.329 e. The Labute approximate surface area is 110 Å². The van der Waals surface area contributed by atoms with Crippen LogP contribution in [0.1, 0.15) is 24.6 Å². The molecule has 16 heavy (non-hydrogen) atoms. The average molecular weight is 303 g/mol. The van der Waals surface area contributed by atoms with Gasteiger partial charge in [0.1, 0.15) is 0 Å². The third-order valence-corrected chi connectivity index (χ3v) is 5.42. The van der Waals surface area contributed by atoms with Crippen LogP contribution in [0.3, 0.4) is 0 Å². The highest BCUT2D eigenvalue weighted by Crippen LogP contribution is 2.29. The first kappa shape index (κ1) is 12.6. The molecular formula is C12H19BrN2S. The lowest BCUT2D eigenvalue weighted by Crippen LogP contribution is -2.47. The molecule has 1 fully saturated rings. The molecule has 0 aromatic carbocycles. The number of nitrogens with two attached hydrogens (primary N) is 1. The van der Waals surface area contributed by atoms with Crippen LogP contribution in [0.4, 0.5) is 0 Å². The summed E-state index contributed by atoms with van der Waals surface area (Å²) < 4.78 is 1.24. The van der Waals surface area contributed by atoms with E-state index in [2.05, 4.69) is 39.2 Å². The van der Waals surface area contributed by atoms with Gasteiger partial charge < -0.3 is 5.73 Å². The minimum atomic E-state index is 0.558. The topological polar surface area (TPSA) is 29.3 Å². The van der Waals surface area contributed by atoms with Gasteiger partial charge in [0.15, 0.2) is 0 Å². The van der Waals surface area contributed by atoms with Gasteiger partial charge in [-0.1, -0.05) is 6.92 Å². The van der Waals surface area contributed by atoms with Crippen molar-refractivity contribution in [3.63, 3.8) is 0 Å². The van der Waals surface area contributed by atoms with Crippen molar-refractivity contribution in [1.29, 1.82) is 0 Å². The molecule has 0 amide bonds. The molecule has 0 aliphatic carbocycles. The van der Waals surface area contributed by atoms with Gasteiger partial charge in [-0.15, -0.1) is 11.3 Å². The van der Waals surface area contributed by atoms with Crippen molar-refractivity contribution < 1.29 is 0 Å². The first-order valence-corrected chi connectivity index (χ1v) is 7.55. The number of piperidine rings is 1. The van der Waals surface area contributed by atoms with Gasteiger partial charge in [0.25, 0.3) is 0 Å². The Morgan fingerprint density at radius 1 is 1.62 bits per heavy atom. The Morgan fingerprint density at radius 2 is 2.44 bits per heavy atom. The van der Waals surface area contributed by atoms with Crippen molar-refractivity contribution in [3.8, 4) is 0 Å². The number of nitrogens with zero attached hydrogens (tertiary/aromatic N) is 1. The van der Waals surface area contributed by atoms with Gasteiger partial charge in [-0.3, -0.25) is 4.90 Å². The standard InChI is InChI=1S/C12H19BrN2S/c1-9-3-2-5-15(11(9)7-14)8-12-10(13)4-6-16-12/h4,6,9,11H,2-3,5,7-8,14H2,1H3. The van der Waals surface area contributed by atoms with Crippen molar-refractivity contribution in [2.24, 2.45) is 11.7 Å². The van der Waals surface area contributed by atoms with Crippen LogP contribution < -0.4 is 5.73 Å². The molecule has 0 saturated carbocycles. The predicted molar refractivity (Wildman–Crippen MR) is 73.7 cm³/mol. The molecule has 4 heteroatoms. The van der Waals surface area contributed by atoms with Crippen LogP contribution in [0.25, 0.3) is 0 Å². The van der Waals surface area contributed by atoms with Crippen LogP contribution in [0.2, 0.25) is 0 Å². The van der Waals surface area contributed by atoms with Gasteiger partial charge in [-0.05, 0) is 52.7 Å². The third kappa shape index (κ3) is 2.67. The lowest BCUT2D eigenvalue weighted by Gasteiger charge is -2.39. The van der Waals surface area contributed by atoms with Gasteiger partial charge in [0.05, 0.1) is 0 Å². The molecule has 1 aromatic rings. The molecule has 0 spiro atoms. The summed E-state index contributed by atoms with van der Waals surface area (Å²) in [5.74, 6) is 0.734. The van der Waals surface area contributed by atoms with E-state index in [4.69, 9.17) is 5.73 Å². The molecule has 0 bridgehead atoms. The van der Waals surface area contributed by atoms with Crippen LogP contribution >= 0.6 is 27.3 Å². The molecule has 1 aliphatic rings. The van der Waals surface area contributed by atoms with E-state index in [1.165, 1.54) is 28.7 Å². The normalized spacial score (nSPS) is 27.2. The van der Waals surface area contributed by atoms with E-state index >= 15 is 0 Å². The monoisotopic (exact) mass is 302 g/mol. The summed E-state index contributed by atoms with van der Waals surface area (Å²) in [5, 5.41) is 2.14. The Balaban J connectivity index is 2.05. The average Bonchev–Trinajstić information content (AvgIpc) is 2.65. The number of likely N-dealkylation sites (tertiary alicyclic amines) is 1. The van der Waals surface area contributed by atoms with Crippen LogP contribution in [-0.2, 0) is 6.54 Å². The summed E-state index contributed by atoms with van der Waals surface area (Å²) in [4.78, 5) is 3.97. The van der Waals surface area contributed by atoms with E-state index in [0.717, 1.165) is 19.0 Å². The van der Waals surface area contributed by atoms with Crippen molar-refractivity contribution in [1.82, 2.24) is 4.90 Å². The van der Waals surface area contributed by atoms with Crippen molar-refractivity contribution in [2.75, 3.05) is 13.1 Å². The molecule has 0 radical (unpaired) electrons. The van der Waals surface area contributed by atoms with Gasteiger partial charge >= 0.3 is 0 Å². The van der Waals surface area contributed by atoms with E-state index in [9.17, 15) is 0 Å². The van der Waals surface area contributed by atoms with Crippen molar-refractivity contribution >= 4 is 27.3 Å². The van der Waals surface area contributed by atoms with Crippen LogP contribution in [0, 0.1) is 5.92 Å². The minimum absolute atomic E-state index is 0.558. The van der Waals surface area contributed by atoms with Crippen molar-refractivity contribution in [3.05, 3.63) is 20.8 Å². The maximum Gasteiger partial charge on any atom is 0.0342 e. The number of hydrogen-bond donors (Lipinski definition) is 1. The van der Waals surface area contributed by atoms with E-state index in [1.54, 1.807) is 0 Å². The fourth-order valence-corrected chi connectivity index (χ4v) is 4.04. The van der Waals surface area contributed by atoms with E-state index < -0.39 is 0 Å². The first-order valence-electron chi connectivity index (χ1n) is 5.88. The summed E-state index contributed by atoms with van der Waals surface area (Å²) in [6, 6.07) is 2.69. The molecule has 2 unspecified atom stereocenters.